The van der Waals surface area contributed by atoms with Crippen LogP contribution in [0.25, 0.3) is 0 Å². The molecule has 24 heavy (non-hydrogen) atoms. The van der Waals surface area contributed by atoms with Crippen molar-refractivity contribution in [1.29, 1.82) is 0 Å². The maximum absolute atomic E-state index is 13.3. The number of hydrogen-bond donors (Lipinski definition) is 0. The van der Waals surface area contributed by atoms with Crippen molar-refractivity contribution in [2.75, 3.05) is 18.0 Å². The van der Waals surface area contributed by atoms with Gasteiger partial charge >= 0.3 is 0 Å². The van der Waals surface area contributed by atoms with Gasteiger partial charge in [0.1, 0.15) is 10.6 Å². The van der Waals surface area contributed by atoms with Gasteiger partial charge in [-0.2, -0.15) is 0 Å². The SMILES string of the molecule is COc1ccc(C)cc1S(=O)(=O)N1CCC(=O)c2cccc(C)c21. The Morgan fingerprint density at radius 3 is 2.58 bits per heavy atom. The van der Waals surface area contributed by atoms with Crippen molar-refractivity contribution >= 4 is 21.5 Å². The topological polar surface area (TPSA) is 63.7 Å². The number of ether oxygens (including phenoxy) is 1. The highest BCUT2D eigenvalue weighted by Crippen LogP contribution is 2.37. The van der Waals surface area contributed by atoms with Crippen LogP contribution in [0.4, 0.5) is 5.69 Å². The molecule has 0 fully saturated rings. The zero-order valence-corrected chi connectivity index (χ0v) is 14.7. The summed E-state index contributed by atoms with van der Waals surface area (Å²) in [5.74, 6) is 0.268. The van der Waals surface area contributed by atoms with Crippen LogP contribution in [0.2, 0.25) is 0 Å². The van der Waals surface area contributed by atoms with Gasteiger partial charge in [0.05, 0.1) is 12.8 Å². The number of sulfonamides is 1. The lowest BCUT2D eigenvalue weighted by Gasteiger charge is -2.31. The van der Waals surface area contributed by atoms with Crippen LogP contribution in [0.3, 0.4) is 0 Å². The zero-order chi connectivity index (χ0) is 17.5. The molecule has 0 aromatic heterocycles. The van der Waals surface area contributed by atoms with Crippen LogP contribution in [0, 0.1) is 13.8 Å². The standard InChI is InChI=1S/C18H19NO4S/c1-12-7-8-16(23-3)17(11-12)24(21,22)19-10-9-15(20)14-6-4-5-13(2)18(14)19/h4-8,11H,9-10H2,1-3H3. The molecule has 0 saturated carbocycles. The fraction of sp³-hybridized carbons (Fsp3) is 0.278. The third kappa shape index (κ3) is 2.57. The molecule has 126 valence electrons. The fourth-order valence-electron chi connectivity index (χ4n) is 3.01. The Morgan fingerprint density at radius 1 is 1.12 bits per heavy atom. The highest BCUT2D eigenvalue weighted by Gasteiger charge is 2.35. The van der Waals surface area contributed by atoms with Crippen LogP contribution in [0.5, 0.6) is 5.75 Å². The van der Waals surface area contributed by atoms with E-state index in [9.17, 15) is 13.2 Å². The summed E-state index contributed by atoms with van der Waals surface area (Å²) < 4.78 is 33.1. The number of fused-ring (bicyclic) bond motifs is 1. The molecule has 0 unspecified atom stereocenters. The van der Waals surface area contributed by atoms with E-state index >= 15 is 0 Å². The molecule has 2 aromatic carbocycles. The maximum Gasteiger partial charge on any atom is 0.268 e. The molecule has 0 saturated heterocycles. The van der Waals surface area contributed by atoms with Crippen LogP contribution < -0.4 is 9.04 Å². The number of ketones is 1. The first-order valence-corrected chi connectivity index (χ1v) is 9.10. The van der Waals surface area contributed by atoms with Gasteiger partial charge in [-0.15, -0.1) is 0 Å². The molecule has 2 aromatic rings. The number of hydrogen-bond acceptors (Lipinski definition) is 4. The first kappa shape index (κ1) is 16.5. The van der Waals surface area contributed by atoms with Crippen molar-refractivity contribution in [3.63, 3.8) is 0 Å². The van der Waals surface area contributed by atoms with Gasteiger partial charge in [0.25, 0.3) is 10.0 Å². The van der Waals surface area contributed by atoms with Crippen molar-refractivity contribution in [3.8, 4) is 5.75 Å². The third-order valence-electron chi connectivity index (χ3n) is 4.22. The van der Waals surface area contributed by atoms with Gasteiger partial charge < -0.3 is 4.74 Å². The number of carbonyl (C=O) groups is 1. The molecule has 3 rings (SSSR count). The Kier molecular flexibility index (Phi) is 4.09. The van der Waals surface area contributed by atoms with Gasteiger partial charge in [-0.05, 0) is 43.2 Å². The lowest BCUT2D eigenvalue weighted by Crippen LogP contribution is -2.38. The van der Waals surface area contributed by atoms with Crippen LogP contribution in [-0.2, 0) is 10.0 Å². The first-order chi connectivity index (χ1) is 11.4. The fourth-order valence-corrected chi connectivity index (χ4v) is 4.80. The predicted molar refractivity (Wildman–Crippen MR) is 92.4 cm³/mol. The minimum absolute atomic E-state index is 0.0312. The second kappa shape index (κ2) is 5.94. The summed E-state index contributed by atoms with van der Waals surface area (Å²) in [6, 6.07) is 10.3. The van der Waals surface area contributed by atoms with E-state index in [1.54, 1.807) is 30.3 Å². The number of aryl methyl sites for hydroxylation is 2. The number of methoxy groups -OCH3 is 1. The molecule has 0 bridgehead atoms. The smallest absolute Gasteiger partial charge is 0.268 e. The summed E-state index contributed by atoms with van der Waals surface area (Å²) in [7, 11) is -2.38. The molecule has 1 aliphatic heterocycles. The van der Waals surface area contributed by atoms with Gasteiger partial charge in [0, 0.05) is 18.5 Å². The average molecular weight is 345 g/mol. The van der Waals surface area contributed by atoms with Crippen LogP contribution in [-0.4, -0.2) is 27.9 Å². The van der Waals surface area contributed by atoms with E-state index in [2.05, 4.69) is 0 Å². The molecule has 1 aliphatic rings. The van der Waals surface area contributed by atoms with E-state index in [1.165, 1.54) is 11.4 Å². The van der Waals surface area contributed by atoms with Crippen LogP contribution in [0.1, 0.15) is 27.9 Å². The Bertz CT molecular complexity index is 919. The highest BCUT2D eigenvalue weighted by atomic mass is 32.2. The zero-order valence-electron chi connectivity index (χ0n) is 13.9. The number of nitrogens with zero attached hydrogens (tertiary/aromatic N) is 1. The molecule has 0 radical (unpaired) electrons. The third-order valence-corrected chi connectivity index (χ3v) is 6.04. The van der Waals surface area contributed by atoms with Crippen LogP contribution >= 0.6 is 0 Å². The second-order valence-electron chi connectivity index (χ2n) is 5.88. The largest absolute Gasteiger partial charge is 0.495 e. The summed E-state index contributed by atoms with van der Waals surface area (Å²) in [6.45, 7) is 3.78. The van der Waals surface area contributed by atoms with E-state index in [0.29, 0.717) is 17.0 Å². The molecular formula is C18H19NO4S. The van der Waals surface area contributed by atoms with Crippen molar-refractivity contribution < 1.29 is 17.9 Å². The van der Waals surface area contributed by atoms with Gasteiger partial charge in [-0.3, -0.25) is 9.10 Å². The monoisotopic (exact) mass is 345 g/mol. The molecule has 5 nitrogen and oxygen atoms in total. The van der Waals surface area contributed by atoms with Crippen LogP contribution in [0.15, 0.2) is 41.3 Å². The average Bonchev–Trinajstić information content (AvgIpc) is 2.55. The normalized spacial score (nSPS) is 14.5. The van der Waals surface area contributed by atoms with E-state index in [4.69, 9.17) is 4.74 Å². The van der Waals surface area contributed by atoms with Crippen molar-refractivity contribution in [1.82, 2.24) is 0 Å². The van der Waals surface area contributed by atoms with E-state index in [0.717, 1.165) is 11.1 Å². The van der Waals surface area contributed by atoms with E-state index in [1.807, 2.05) is 19.9 Å². The van der Waals surface area contributed by atoms with Gasteiger partial charge in [0.15, 0.2) is 5.78 Å². The maximum atomic E-state index is 13.3. The molecule has 1 heterocycles. The second-order valence-corrected chi connectivity index (χ2v) is 7.71. The summed E-state index contributed by atoms with van der Waals surface area (Å²) in [5.41, 5.74) is 2.51. The Balaban J connectivity index is 2.22. The number of rotatable bonds is 3. The summed E-state index contributed by atoms with van der Waals surface area (Å²) in [6.07, 6.45) is 0.170. The summed E-state index contributed by atoms with van der Waals surface area (Å²) in [4.78, 5) is 12.3. The number of benzene rings is 2. The van der Waals surface area contributed by atoms with E-state index in [-0.39, 0.29) is 23.6 Å². The number of para-hydroxylation sites is 1. The Morgan fingerprint density at radius 2 is 1.88 bits per heavy atom. The predicted octanol–water partition coefficient (Wildman–Crippen LogP) is 3.09. The molecular weight excluding hydrogens is 326 g/mol. The van der Waals surface area contributed by atoms with E-state index < -0.39 is 10.0 Å². The molecule has 0 aliphatic carbocycles. The minimum atomic E-state index is -3.83. The minimum Gasteiger partial charge on any atom is -0.495 e. The molecule has 0 atom stereocenters. The van der Waals surface area contributed by atoms with Crippen molar-refractivity contribution in [2.45, 2.75) is 25.2 Å². The molecule has 6 heteroatoms. The lowest BCUT2D eigenvalue weighted by molar-refractivity contribution is 0.0982. The Hall–Kier alpha value is -2.34. The van der Waals surface area contributed by atoms with Crippen molar-refractivity contribution in [2.24, 2.45) is 0 Å². The quantitative estimate of drug-likeness (QED) is 0.857. The number of Topliss-reactive ketones (excluding diaryl/α,β-unsaturated/α-hetero) is 1. The first-order valence-electron chi connectivity index (χ1n) is 7.66. The Labute approximate surface area is 141 Å². The molecule has 0 N–H and O–H groups in total. The van der Waals surface area contributed by atoms with Gasteiger partial charge in [-0.1, -0.05) is 18.2 Å². The lowest BCUT2D eigenvalue weighted by atomic mass is 9.99. The number of carbonyl (C=O) groups excluding carboxylic acids is 1. The summed E-state index contributed by atoms with van der Waals surface area (Å²) >= 11 is 0. The molecule has 0 spiro atoms. The number of anilines is 1. The molecule has 0 amide bonds. The summed E-state index contributed by atoms with van der Waals surface area (Å²) in [5, 5.41) is 0. The highest BCUT2D eigenvalue weighted by molar-refractivity contribution is 7.93. The van der Waals surface area contributed by atoms with Gasteiger partial charge in [-0.25, -0.2) is 8.42 Å². The van der Waals surface area contributed by atoms with Crippen molar-refractivity contribution in [3.05, 3.63) is 53.1 Å². The van der Waals surface area contributed by atoms with Gasteiger partial charge in [0.2, 0.25) is 0 Å².